The monoisotopic (exact) mass is 299 g/mol. The molecule has 3 rings (SSSR count). The summed E-state index contributed by atoms with van der Waals surface area (Å²) in [6.07, 6.45) is 2.22. The van der Waals surface area contributed by atoms with Gasteiger partial charge in [-0.3, -0.25) is 4.79 Å². The van der Waals surface area contributed by atoms with Gasteiger partial charge in [-0.1, -0.05) is 29.8 Å². The van der Waals surface area contributed by atoms with Crippen molar-refractivity contribution >= 4 is 17.5 Å². The second-order valence-corrected chi connectivity index (χ2v) is 5.98. The van der Waals surface area contributed by atoms with Crippen molar-refractivity contribution in [3.05, 3.63) is 58.6 Å². The maximum absolute atomic E-state index is 12.5. The standard InChI is InChI=1S/C18H18ClNO/c1-13-7-8-16(19)12-17(13)14-5-4-6-15(11-14)18(21)20-9-2-3-10-20/h4-8,11-12H,2-3,9-10H2,1H3. The van der Waals surface area contributed by atoms with Crippen LogP contribution >= 0.6 is 11.6 Å². The highest BCUT2D eigenvalue weighted by molar-refractivity contribution is 6.30. The number of hydrogen-bond donors (Lipinski definition) is 0. The Hall–Kier alpha value is -1.80. The minimum Gasteiger partial charge on any atom is -0.339 e. The Kier molecular flexibility index (Phi) is 3.98. The lowest BCUT2D eigenvalue weighted by Crippen LogP contribution is -2.27. The van der Waals surface area contributed by atoms with Crippen LogP contribution in [0.2, 0.25) is 5.02 Å². The minimum absolute atomic E-state index is 0.133. The lowest BCUT2D eigenvalue weighted by Gasteiger charge is -2.16. The summed E-state index contributed by atoms with van der Waals surface area (Å²) in [5.41, 5.74) is 4.04. The molecule has 108 valence electrons. The van der Waals surface area contributed by atoms with Gasteiger partial charge in [0.15, 0.2) is 0 Å². The van der Waals surface area contributed by atoms with Crippen molar-refractivity contribution in [3.8, 4) is 11.1 Å². The third-order valence-corrected chi connectivity index (χ3v) is 4.25. The highest BCUT2D eigenvalue weighted by Gasteiger charge is 2.19. The Morgan fingerprint density at radius 1 is 1.10 bits per heavy atom. The van der Waals surface area contributed by atoms with E-state index in [9.17, 15) is 4.79 Å². The van der Waals surface area contributed by atoms with E-state index in [0.29, 0.717) is 5.02 Å². The summed E-state index contributed by atoms with van der Waals surface area (Å²) in [5.74, 6) is 0.133. The zero-order valence-electron chi connectivity index (χ0n) is 12.1. The predicted octanol–water partition coefficient (Wildman–Crippen LogP) is 4.55. The predicted molar refractivity (Wildman–Crippen MR) is 86.8 cm³/mol. The first-order valence-corrected chi connectivity index (χ1v) is 7.69. The molecule has 0 radical (unpaired) electrons. The summed E-state index contributed by atoms with van der Waals surface area (Å²) in [5, 5.41) is 0.715. The molecule has 1 aliphatic rings. The van der Waals surface area contributed by atoms with Gasteiger partial charge in [0.25, 0.3) is 5.91 Å². The van der Waals surface area contributed by atoms with Crippen LogP contribution in [0.1, 0.15) is 28.8 Å². The first-order valence-electron chi connectivity index (χ1n) is 7.31. The Morgan fingerprint density at radius 2 is 1.86 bits per heavy atom. The molecular formula is C18H18ClNO. The van der Waals surface area contributed by atoms with Crippen molar-refractivity contribution in [2.75, 3.05) is 13.1 Å². The molecule has 3 heteroatoms. The molecule has 1 fully saturated rings. The van der Waals surface area contributed by atoms with Gasteiger partial charge in [0.1, 0.15) is 0 Å². The van der Waals surface area contributed by atoms with Crippen molar-refractivity contribution in [1.82, 2.24) is 4.90 Å². The molecule has 21 heavy (non-hydrogen) atoms. The van der Waals surface area contributed by atoms with E-state index >= 15 is 0 Å². The van der Waals surface area contributed by atoms with Gasteiger partial charge in [0, 0.05) is 23.7 Å². The number of aryl methyl sites for hydroxylation is 1. The maximum atomic E-state index is 12.5. The Labute approximate surface area is 130 Å². The molecule has 0 aromatic heterocycles. The molecule has 0 saturated carbocycles. The number of hydrogen-bond acceptors (Lipinski definition) is 1. The third kappa shape index (κ3) is 2.96. The lowest BCUT2D eigenvalue weighted by atomic mass is 9.98. The number of halogens is 1. The molecule has 2 aromatic rings. The van der Waals surface area contributed by atoms with Crippen molar-refractivity contribution in [1.29, 1.82) is 0 Å². The number of amides is 1. The molecule has 1 amide bonds. The van der Waals surface area contributed by atoms with Gasteiger partial charge < -0.3 is 4.90 Å². The van der Waals surface area contributed by atoms with E-state index in [2.05, 4.69) is 6.92 Å². The van der Waals surface area contributed by atoms with Crippen molar-refractivity contribution in [2.45, 2.75) is 19.8 Å². The second kappa shape index (κ2) is 5.90. The van der Waals surface area contributed by atoms with Crippen LogP contribution in [0, 0.1) is 6.92 Å². The van der Waals surface area contributed by atoms with Crippen molar-refractivity contribution in [3.63, 3.8) is 0 Å². The number of nitrogens with zero attached hydrogens (tertiary/aromatic N) is 1. The lowest BCUT2D eigenvalue weighted by molar-refractivity contribution is 0.0793. The van der Waals surface area contributed by atoms with E-state index in [1.807, 2.05) is 47.4 Å². The molecule has 1 aliphatic heterocycles. The molecule has 0 N–H and O–H groups in total. The summed E-state index contributed by atoms with van der Waals surface area (Å²) in [4.78, 5) is 14.4. The van der Waals surface area contributed by atoms with Crippen LogP contribution in [0.25, 0.3) is 11.1 Å². The normalized spacial score (nSPS) is 14.5. The molecule has 1 saturated heterocycles. The number of carbonyl (C=O) groups is 1. The Morgan fingerprint density at radius 3 is 2.62 bits per heavy atom. The van der Waals surface area contributed by atoms with Crippen LogP contribution in [-0.4, -0.2) is 23.9 Å². The molecule has 0 bridgehead atoms. The van der Waals surface area contributed by atoms with Gasteiger partial charge in [-0.05, 0) is 60.7 Å². The molecule has 0 spiro atoms. The fourth-order valence-electron chi connectivity index (χ4n) is 2.83. The van der Waals surface area contributed by atoms with E-state index in [1.165, 1.54) is 0 Å². The molecule has 0 unspecified atom stereocenters. The topological polar surface area (TPSA) is 20.3 Å². The molecule has 2 aromatic carbocycles. The van der Waals surface area contributed by atoms with E-state index in [4.69, 9.17) is 11.6 Å². The highest BCUT2D eigenvalue weighted by Crippen LogP contribution is 2.27. The maximum Gasteiger partial charge on any atom is 0.253 e. The van der Waals surface area contributed by atoms with Crippen molar-refractivity contribution in [2.24, 2.45) is 0 Å². The molecule has 0 atom stereocenters. The second-order valence-electron chi connectivity index (χ2n) is 5.54. The van der Waals surface area contributed by atoms with Crippen LogP contribution in [0.15, 0.2) is 42.5 Å². The summed E-state index contributed by atoms with van der Waals surface area (Å²) < 4.78 is 0. The summed E-state index contributed by atoms with van der Waals surface area (Å²) >= 11 is 6.10. The summed E-state index contributed by atoms with van der Waals surface area (Å²) in [6.45, 7) is 3.80. The first kappa shape index (κ1) is 14.2. The van der Waals surface area contributed by atoms with Crippen LogP contribution in [0.3, 0.4) is 0 Å². The smallest absolute Gasteiger partial charge is 0.253 e. The molecule has 1 heterocycles. The minimum atomic E-state index is 0.133. The fourth-order valence-corrected chi connectivity index (χ4v) is 3.00. The zero-order chi connectivity index (χ0) is 14.8. The van der Waals surface area contributed by atoms with Gasteiger partial charge in [-0.2, -0.15) is 0 Å². The SMILES string of the molecule is Cc1ccc(Cl)cc1-c1cccc(C(=O)N2CCCC2)c1. The molecule has 0 aliphatic carbocycles. The number of carbonyl (C=O) groups excluding carboxylic acids is 1. The number of benzene rings is 2. The van der Waals surface area contributed by atoms with E-state index in [0.717, 1.165) is 48.2 Å². The molecule has 2 nitrogen and oxygen atoms in total. The largest absolute Gasteiger partial charge is 0.339 e. The first-order chi connectivity index (χ1) is 10.1. The summed E-state index contributed by atoms with van der Waals surface area (Å²) in [7, 11) is 0. The number of rotatable bonds is 2. The van der Waals surface area contributed by atoms with E-state index in [-0.39, 0.29) is 5.91 Å². The highest BCUT2D eigenvalue weighted by atomic mass is 35.5. The average molecular weight is 300 g/mol. The fraction of sp³-hybridized carbons (Fsp3) is 0.278. The van der Waals surface area contributed by atoms with Gasteiger partial charge >= 0.3 is 0 Å². The van der Waals surface area contributed by atoms with Crippen molar-refractivity contribution < 1.29 is 4.79 Å². The van der Waals surface area contributed by atoms with Crippen LogP contribution < -0.4 is 0 Å². The Balaban J connectivity index is 1.96. The van der Waals surface area contributed by atoms with E-state index in [1.54, 1.807) is 0 Å². The number of likely N-dealkylation sites (tertiary alicyclic amines) is 1. The van der Waals surface area contributed by atoms with Crippen LogP contribution in [-0.2, 0) is 0 Å². The summed E-state index contributed by atoms with van der Waals surface area (Å²) in [6, 6.07) is 13.7. The quantitative estimate of drug-likeness (QED) is 0.796. The zero-order valence-corrected chi connectivity index (χ0v) is 12.9. The average Bonchev–Trinajstić information content (AvgIpc) is 3.03. The van der Waals surface area contributed by atoms with Crippen LogP contribution in [0.5, 0.6) is 0 Å². The third-order valence-electron chi connectivity index (χ3n) is 4.01. The van der Waals surface area contributed by atoms with Gasteiger partial charge in [-0.25, -0.2) is 0 Å². The Bertz CT molecular complexity index is 675. The molecular weight excluding hydrogens is 282 g/mol. The van der Waals surface area contributed by atoms with Gasteiger partial charge in [0.2, 0.25) is 0 Å². The van der Waals surface area contributed by atoms with Gasteiger partial charge in [0.05, 0.1) is 0 Å². The van der Waals surface area contributed by atoms with Crippen LogP contribution in [0.4, 0.5) is 0 Å². The van der Waals surface area contributed by atoms with E-state index < -0.39 is 0 Å². The van der Waals surface area contributed by atoms with Gasteiger partial charge in [-0.15, -0.1) is 0 Å².